The van der Waals surface area contributed by atoms with Gasteiger partial charge in [0.1, 0.15) is 12.4 Å². The normalized spacial score (nSPS) is 28.8. The first-order valence-corrected chi connectivity index (χ1v) is 20.1. The molecule has 2 aromatic carbocycles. The number of morpholine rings is 1. The molecule has 3 heterocycles. The Morgan fingerprint density at radius 3 is 2.63 bits per heavy atom. The van der Waals surface area contributed by atoms with Gasteiger partial charge in [-0.3, -0.25) is 9.69 Å². The summed E-state index contributed by atoms with van der Waals surface area (Å²) in [5.74, 6) is 0.809. The standard InChI is InChI=1S/C38H52ClN3O6S/c1-3-33-22-27(2)7-13-36(47-21-18-41-16-19-46-20-17-41)34-12-9-30(34)25-42-15-5-4-6-28-23-32(39)11-8-31(28)26-48-37-14-10-29(24-35(37)42)38(43)40-49(33,44)45/h7-8,10-11,13-14,23-24,27,30,33-34,36H,3-6,9,12,15-22,25-26H2,1-2H3,(H,40,43)/b13-7+/t27-,30-,33+,34+,36-/m0/s1. The van der Waals surface area contributed by atoms with E-state index >= 15 is 0 Å². The minimum atomic E-state index is -3.92. The average molecular weight is 714 g/mol. The van der Waals surface area contributed by atoms with Crippen LogP contribution < -0.4 is 14.4 Å². The van der Waals surface area contributed by atoms with Crippen molar-refractivity contribution >= 4 is 33.2 Å². The summed E-state index contributed by atoms with van der Waals surface area (Å²) < 4.78 is 48.2. The highest BCUT2D eigenvalue weighted by molar-refractivity contribution is 7.90. The fourth-order valence-electron chi connectivity index (χ4n) is 7.66. The number of fused-ring (bicyclic) bond motifs is 3. The van der Waals surface area contributed by atoms with Gasteiger partial charge < -0.3 is 19.1 Å². The lowest BCUT2D eigenvalue weighted by Crippen LogP contribution is -2.45. The van der Waals surface area contributed by atoms with E-state index in [9.17, 15) is 13.2 Å². The molecule has 1 aliphatic carbocycles. The van der Waals surface area contributed by atoms with Gasteiger partial charge in [0.15, 0.2) is 0 Å². The summed E-state index contributed by atoms with van der Waals surface area (Å²) in [6.45, 7) is 10.7. The predicted octanol–water partition coefficient (Wildman–Crippen LogP) is 6.24. The van der Waals surface area contributed by atoms with Crippen LogP contribution in [0.4, 0.5) is 5.69 Å². The summed E-state index contributed by atoms with van der Waals surface area (Å²) in [7, 11) is -3.92. The maximum Gasteiger partial charge on any atom is 0.264 e. The lowest BCUT2D eigenvalue weighted by Gasteiger charge is -2.44. The van der Waals surface area contributed by atoms with Gasteiger partial charge in [-0.25, -0.2) is 13.1 Å². The number of nitrogens with zero attached hydrogens (tertiary/aromatic N) is 2. The molecule has 49 heavy (non-hydrogen) atoms. The molecule has 0 unspecified atom stereocenters. The Kier molecular flexibility index (Phi) is 12.2. The second-order valence-electron chi connectivity index (χ2n) is 14.2. The van der Waals surface area contributed by atoms with Crippen molar-refractivity contribution in [2.24, 2.45) is 17.8 Å². The number of hydrogen-bond acceptors (Lipinski definition) is 8. The molecule has 2 bridgehead atoms. The van der Waals surface area contributed by atoms with Gasteiger partial charge in [0.2, 0.25) is 10.0 Å². The molecular weight excluding hydrogens is 662 g/mol. The number of halogens is 1. The highest BCUT2D eigenvalue weighted by Crippen LogP contribution is 2.42. The Balaban J connectivity index is 1.32. The van der Waals surface area contributed by atoms with E-state index in [4.69, 9.17) is 25.8 Å². The Hall–Kier alpha value is -2.63. The van der Waals surface area contributed by atoms with E-state index in [1.165, 1.54) is 5.56 Å². The van der Waals surface area contributed by atoms with Gasteiger partial charge >= 0.3 is 0 Å². The molecule has 11 heteroatoms. The number of benzene rings is 2. The van der Waals surface area contributed by atoms with Gasteiger partial charge in [-0.2, -0.15) is 0 Å². The molecule has 268 valence electrons. The van der Waals surface area contributed by atoms with Crippen molar-refractivity contribution in [3.8, 4) is 5.75 Å². The van der Waals surface area contributed by atoms with Crippen molar-refractivity contribution in [1.82, 2.24) is 9.62 Å². The van der Waals surface area contributed by atoms with Crippen molar-refractivity contribution in [2.75, 3.05) is 57.4 Å². The molecule has 1 N–H and O–H groups in total. The third kappa shape index (κ3) is 9.19. The van der Waals surface area contributed by atoms with Crippen molar-refractivity contribution < 1.29 is 27.4 Å². The number of anilines is 1. The van der Waals surface area contributed by atoms with Crippen LogP contribution in [0.3, 0.4) is 0 Å². The maximum atomic E-state index is 13.6. The number of nitrogens with one attached hydrogen (secondary N) is 1. The quantitative estimate of drug-likeness (QED) is 0.364. The molecule has 3 aliphatic heterocycles. The minimum Gasteiger partial charge on any atom is -0.487 e. The first-order valence-electron chi connectivity index (χ1n) is 18.1. The second kappa shape index (κ2) is 16.6. The highest BCUT2D eigenvalue weighted by Gasteiger charge is 2.38. The zero-order valence-electron chi connectivity index (χ0n) is 28.9. The summed E-state index contributed by atoms with van der Waals surface area (Å²) in [5.41, 5.74) is 3.41. The van der Waals surface area contributed by atoms with E-state index < -0.39 is 21.2 Å². The van der Waals surface area contributed by atoms with Crippen molar-refractivity contribution in [3.05, 3.63) is 70.3 Å². The summed E-state index contributed by atoms with van der Waals surface area (Å²) >= 11 is 6.37. The van der Waals surface area contributed by atoms with E-state index in [0.29, 0.717) is 49.2 Å². The van der Waals surface area contributed by atoms with Gasteiger partial charge in [0, 0.05) is 43.3 Å². The van der Waals surface area contributed by atoms with Gasteiger partial charge in [0.05, 0.1) is 36.9 Å². The molecule has 9 nitrogen and oxygen atoms in total. The van der Waals surface area contributed by atoms with E-state index in [-0.39, 0.29) is 12.0 Å². The Bertz CT molecular complexity index is 1580. The number of rotatable bonds is 5. The molecule has 0 spiro atoms. The number of sulfonamides is 1. The van der Waals surface area contributed by atoms with Crippen LogP contribution in [0.25, 0.3) is 0 Å². The monoisotopic (exact) mass is 713 g/mol. The Morgan fingerprint density at radius 1 is 1.02 bits per heavy atom. The van der Waals surface area contributed by atoms with Gasteiger partial charge in [-0.15, -0.1) is 0 Å². The maximum absolute atomic E-state index is 13.6. The number of hydrogen-bond donors (Lipinski definition) is 1. The van der Waals surface area contributed by atoms with Crippen LogP contribution in [0.5, 0.6) is 5.75 Å². The lowest BCUT2D eigenvalue weighted by atomic mass is 9.70. The zero-order chi connectivity index (χ0) is 34.4. The molecule has 0 aromatic heterocycles. The molecule has 2 fully saturated rings. The molecule has 5 atom stereocenters. The fourth-order valence-corrected chi connectivity index (χ4v) is 9.39. The fraction of sp³-hybridized carbons (Fsp3) is 0.605. The van der Waals surface area contributed by atoms with E-state index in [0.717, 1.165) is 94.3 Å². The second-order valence-corrected chi connectivity index (χ2v) is 16.6. The SMILES string of the molecule is CC[C@@H]1C[C@@H](C)/C=C/[C@H](OCCN2CCOCC2)[C@@H]2CC[C@H]2CN2CCCCc3cc(Cl)ccc3COc3ccc(cc32)C(=O)NS1(=O)=O. The average Bonchev–Trinajstić information content (AvgIpc) is 3.10. The van der Waals surface area contributed by atoms with Crippen LogP contribution in [0, 0.1) is 17.8 Å². The third-order valence-electron chi connectivity index (χ3n) is 10.8. The van der Waals surface area contributed by atoms with E-state index in [2.05, 4.69) is 26.7 Å². The number of amides is 1. The number of carbonyl (C=O) groups is 1. The highest BCUT2D eigenvalue weighted by atomic mass is 35.5. The van der Waals surface area contributed by atoms with Crippen LogP contribution in [-0.4, -0.2) is 83.1 Å². The molecular formula is C38H52ClN3O6S. The van der Waals surface area contributed by atoms with Gasteiger partial charge in [0.25, 0.3) is 5.91 Å². The van der Waals surface area contributed by atoms with Crippen LogP contribution >= 0.6 is 11.6 Å². The smallest absolute Gasteiger partial charge is 0.264 e. The predicted molar refractivity (Wildman–Crippen MR) is 194 cm³/mol. The molecule has 1 amide bonds. The van der Waals surface area contributed by atoms with Crippen molar-refractivity contribution in [2.45, 2.75) is 76.8 Å². The Labute approximate surface area is 297 Å². The molecule has 1 saturated heterocycles. The molecule has 6 rings (SSSR count). The topological polar surface area (TPSA) is 97.4 Å². The molecule has 2 aromatic rings. The van der Waals surface area contributed by atoms with Crippen LogP contribution in [0.1, 0.15) is 73.9 Å². The van der Waals surface area contributed by atoms with Crippen molar-refractivity contribution in [3.63, 3.8) is 0 Å². The number of ether oxygens (including phenoxy) is 3. The van der Waals surface area contributed by atoms with Crippen LogP contribution in [0.15, 0.2) is 48.6 Å². The van der Waals surface area contributed by atoms with Crippen LogP contribution in [-0.2, 0) is 32.5 Å². The summed E-state index contributed by atoms with van der Waals surface area (Å²) in [5, 5.41) is 0.0200. The minimum absolute atomic E-state index is 0.00131. The Morgan fingerprint density at radius 2 is 1.86 bits per heavy atom. The summed E-state index contributed by atoms with van der Waals surface area (Å²) in [6.07, 6.45) is 10.1. The van der Waals surface area contributed by atoms with Crippen LogP contribution in [0.2, 0.25) is 5.02 Å². The zero-order valence-corrected chi connectivity index (χ0v) is 30.5. The molecule has 1 saturated carbocycles. The molecule has 0 radical (unpaired) electrons. The number of aryl methyl sites for hydroxylation is 1. The lowest BCUT2D eigenvalue weighted by molar-refractivity contribution is -0.0314. The summed E-state index contributed by atoms with van der Waals surface area (Å²) in [6, 6.07) is 11.3. The number of allylic oxidation sites excluding steroid dienone is 1. The largest absolute Gasteiger partial charge is 0.487 e. The van der Waals surface area contributed by atoms with E-state index in [1.807, 2.05) is 44.2 Å². The molecule has 4 aliphatic rings. The first-order chi connectivity index (χ1) is 23.7. The third-order valence-corrected chi connectivity index (χ3v) is 12.9. The van der Waals surface area contributed by atoms with Gasteiger partial charge in [-0.05, 0) is 104 Å². The number of carbonyl (C=O) groups excluding carboxylic acids is 1. The van der Waals surface area contributed by atoms with Gasteiger partial charge in [-0.1, -0.05) is 43.7 Å². The summed E-state index contributed by atoms with van der Waals surface area (Å²) in [4.78, 5) is 18.3. The van der Waals surface area contributed by atoms with Crippen molar-refractivity contribution in [1.29, 1.82) is 0 Å². The first kappa shape index (κ1) is 36.2. The van der Waals surface area contributed by atoms with E-state index in [1.54, 1.807) is 6.07 Å².